The fraction of sp³-hybridized carbons (Fsp3) is 0.467. The van der Waals surface area contributed by atoms with E-state index in [2.05, 4.69) is 5.32 Å². The molecule has 2 amide bonds. The molecule has 2 atom stereocenters. The molecule has 21 heavy (non-hydrogen) atoms. The average molecular weight is 308 g/mol. The number of nitrogens with one attached hydrogen (secondary N) is 1. The van der Waals surface area contributed by atoms with E-state index in [4.69, 9.17) is 5.11 Å². The lowest BCUT2D eigenvalue weighted by molar-refractivity contribution is -0.127. The molecule has 0 aliphatic carbocycles. The third kappa shape index (κ3) is 3.77. The molecule has 1 heterocycles. The van der Waals surface area contributed by atoms with Gasteiger partial charge in [0.05, 0.1) is 12.5 Å². The highest BCUT2D eigenvalue weighted by atomic mass is 32.2. The quantitative estimate of drug-likeness (QED) is 0.804. The van der Waals surface area contributed by atoms with Gasteiger partial charge in [0.1, 0.15) is 0 Å². The van der Waals surface area contributed by atoms with Crippen molar-refractivity contribution in [3.63, 3.8) is 0 Å². The van der Waals surface area contributed by atoms with Crippen molar-refractivity contribution in [1.29, 1.82) is 0 Å². The molecule has 1 aliphatic rings. The Labute approximate surface area is 128 Å². The molecular formula is C15H20N2O3S. The Balaban J connectivity index is 2.03. The van der Waals surface area contributed by atoms with Crippen LogP contribution in [0.2, 0.25) is 0 Å². The van der Waals surface area contributed by atoms with Gasteiger partial charge >= 0.3 is 0 Å². The van der Waals surface area contributed by atoms with Crippen molar-refractivity contribution >= 4 is 29.3 Å². The summed E-state index contributed by atoms with van der Waals surface area (Å²) >= 11 is 1.64. The zero-order valence-corrected chi connectivity index (χ0v) is 13.0. The minimum Gasteiger partial charge on any atom is -0.394 e. The minimum atomic E-state index is -0.355. The van der Waals surface area contributed by atoms with E-state index in [0.29, 0.717) is 6.54 Å². The van der Waals surface area contributed by atoms with Crippen LogP contribution in [0.25, 0.3) is 0 Å². The van der Waals surface area contributed by atoms with Gasteiger partial charge in [-0.15, -0.1) is 11.8 Å². The van der Waals surface area contributed by atoms with Gasteiger partial charge in [0.15, 0.2) is 0 Å². The van der Waals surface area contributed by atoms with E-state index in [1.807, 2.05) is 30.5 Å². The van der Waals surface area contributed by atoms with Gasteiger partial charge < -0.3 is 15.3 Å². The Kier molecular flexibility index (Phi) is 5.25. The first kappa shape index (κ1) is 15.9. The van der Waals surface area contributed by atoms with E-state index in [1.165, 1.54) is 0 Å². The van der Waals surface area contributed by atoms with Crippen molar-refractivity contribution in [1.82, 2.24) is 5.32 Å². The molecule has 0 bridgehead atoms. The van der Waals surface area contributed by atoms with Crippen molar-refractivity contribution in [2.75, 3.05) is 24.3 Å². The maximum Gasteiger partial charge on any atom is 0.227 e. The zero-order chi connectivity index (χ0) is 15.4. The summed E-state index contributed by atoms with van der Waals surface area (Å²) in [4.78, 5) is 26.9. The molecule has 0 radical (unpaired) electrons. The lowest BCUT2D eigenvalue weighted by Crippen LogP contribution is -2.40. The maximum absolute atomic E-state index is 12.1. The Hall–Kier alpha value is -1.53. The number of thioether (sulfide) groups is 1. The molecule has 2 N–H and O–H groups in total. The van der Waals surface area contributed by atoms with E-state index in [-0.39, 0.29) is 36.8 Å². The van der Waals surface area contributed by atoms with Crippen molar-refractivity contribution in [3.05, 3.63) is 24.3 Å². The topological polar surface area (TPSA) is 69.6 Å². The summed E-state index contributed by atoms with van der Waals surface area (Å²) < 4.78 is 0. The van der Waals surface area contributed by atoms with E-state index < -0.39 is 0 Å². The molecule has 0 aromatic heterocycles. The number of carbonyl (C=O) groups excluding carboxylic acids is 2. The van der Waals surface area contributed by atoms with Gasteiger partial charge in [-0.3, -0.25) is 9.59 Å². The number of amides is 2. The lowest BCUT2D eigenvalue weighted by atomic mass is 10.1. The Bertz CT molecular complexity index is 518. The van der Waals surface area contributed by atoms with Crippen LogP contribution in [-0.2, 0) is 9.59 Å². The molecule has 114 valence electrons. The third-order valence-corrected chi connectivity index (χ3v) is 4.29. The average Bonchev–Trinajstić information content (AvgIpc) is 2.89. The van der Waals surface area contributed by atoms with E-state index in [0.717, 1.165) is 10.6 Å². The molecule has 1 saturated heterocycles. The highest BCUT2D eigenvalue weighted by molar-refractivity contribution is 7.98. The Morgan fingerprint density at radius 1 is 1.48 bits per heavy atom. The molecule has 1 fully saturated rings. The predicted octanol–water partition coefficient (Wildman–Crippen LogP) is 1.26. The number of anilines is 1. The zero-order valence-electron chi connectivity index (χ0n) is 12.2. The predicted molar refractivity (Wildman–Crippen MR) is 83.4 cm³/mol. The third-order valence-electron chi connectivity index (χ3n) is 3.54. The van der Waals surface area contributed by atoms with Gasteiger partial charge in [-0.2, -0.15) is 0 Å². The van der Waals surface area contributed by atoms with E-state index in [9.17, 15) is 9.59 Å². The number of aliphatic hydroxyl groups excluding tert-OH is 1. The van der Waals surface area contributed by atoms with Crippen LogP contribution in [0.4, 0.5) is 5.69 Å². The normalized spacial score (nSPS) is 19.7. The molecule has 0 saturated carbocycles. The second kappa shape index (κ2) is 6.95. The van der Waals surface area contributed by atoms with Crippen LogP contribution in [0.15, 0.2) is 29.2 Å². The van der Waals surface area contributed by atoms with Gasteiger partial charge in [0, 0.05) is 29.6 Å². The monoisotopic (exact) mass is 308 g/mol. The highest BCUT2D eigenvalue weighted by Crippen LogP contribution is 2.27. The number of benzene rings is 1. The van der Waals surface area contributed by atoms with E-state index in [1.54, 1.807) is 23.6 Å². The summed E-state index contributed by atoms with van der Waals surface area (Å²) in [5.74, 6) is -0.566. The summed E-state index contributed by atoms with van der Waals surface area (Å²) in [6.07, 6.45) is 2.22. The van der Waals surface area contributed by atoms with Crippen LogP contribution >= 0.6 is 11.8 Å². The van der Waals surface area contributed by atoms with Gasteiger partial charge in [-0.25, -0.2) is 0 Å². The number of carbonyl (C=O) groups is 2. The van der Waals surface area contributed by atoms with Crippen molar-refractivity contribution < 1.29 is 14.7 Å². The molecule has 2 rings (SSSR count). The number of hydrogen-bond donors (Lipinski definition) is 2. The van der Waals surface area contributed by atoms with Gasteiger partial charge in [-0.1, -0.05) is 0 Å². The summed E-state index contributed by atoms with van der Waals surface area (Å²) in [7, 11) is 0. The SMILES string of the molecule is CSc1ccc(N2CC(C(=O)NC(C)CO)CC2=O)cc1. The lowest BCUT2D eigenvalue weighted by Gasteiger charge is -2.18. The fourth-order valence-electron chi connectivity index (χ4n) is 2.30. The molecule has 5 nitrogen and oxygen atoms in total. The van der Waals surface area contributed by atoms with Gasteiger partial charge in [-0.05, 0) is 37.4 Å². The number of hydrogen-bond acceptors (Lipinski definition) is 4. The first-order valence-corrected chi connectivity index (χ1v) is 8.13. The smallest absolute Gasteiger partial charge is 0.227 e. The van der Waals surface area contributed by atoms with Gasteiger partial charge in [0.25, 0.3) is 0 Å². The summed E-state index contributed by atoms with van der Waals surface area (Å²) in [5.41, 5.74) is 0.823. The van der Waals surface area contributed by atoms with Crippen LogP contribution in [0.5, 0.6) is 0 Å². The van der Waals surface area contributed by atoms with E-state index >= 15 is 0 Å². The molecule has 1 aliphatic heterocycles. The first-order valence-electron chi connectivity index (χ1n) is 6.90. The highest BCUT2D eigenvalue weighted by Gasteiger charge is 2.35. The molecule has 1 aromatic rings. The second-order valence-electron chi connectivity index (χ2n) is 5.20. The van der Waals surface area contributed by atoms with Crippen LogP contribution in [0, 0.1) is 5.92 Å². The molecule has 6 heteroatoms. The number of aliphatic hydroxyl groups is 1. The van der Waals surface area contributed by atoms with Crippen LogP contribution in [-0.4, -0.2) is 42.4 Å². The van der Waals surface area contributed by atoms with Crippen molar-refractivity contribution in [2.45, 2.75) is 24.3 Å². The molecule has 2 unspecified atom stereocenters. The van der Waals surface area contributed by atoms with Crippen LogP contribution in [0.1, 0.15) is 13.3 Å². The molecular weight excluding hydrogens is 288 g/mol. The summed E-state index contributed by atoms with van der Waals surface area (Å²) in [5, 5.41) is 11.7. The Morgan fingerprint density at radius 3 is 2.71 bits per heavy atom. The Morgan fingerprint density at radius 2 is 2.14 bits per heavy atom. The maximum atomic E-state index is 12.1. The largest absolute Gasteiger partial charge is 0.394 e. The van der Waals surface area contributed by atoms with Crippen molar-refractivity contribution in [2.24, 2.45) is 5.92 Å². The van der Waals surface area contributed by atoms with Gasteiger partial charge in [0.2, 0.25) is 11.8 Å². The molecule has 0 spiro atoms. The first-order chi connectivity index (χ1) is 10.0. The fourth-order valence-corrected chi connectivity index (χ4v) is 2.71. The van der Waals surface area contributed by atoms with Crippen LogP contribution < -0.4 is 10.2 Å². The van der Waals surface area contributed by atoms with Crippen molar-refractivity contribution in [3.8, 4) is 0 Å². The minimum absolute atomic E-state index is 0.0382. The van der Waals surface area contributed by atoms with Crippen LogP contribution in [0.3, 0.4) is 0 Å². The number of rotatable bonds is 5. The summed E-state index contributed by atoms with van der Waals surface area (Å²) in [6, 6.07) is 7.45. The number of nitrogens with zero attached hydrogens (tertiary/aromatic N) is 1. The summed E-state index contributed by atoms with van der Waals surface area (Å²) in [6.45, 7) is 2.02. The second-order valence-corrected chi connectivity index (χ2v) is 6.08. The standard InChI is InChI=1S/C15H20N2O3S/c1-10(9-18)16-15(20)11-7-14(19)17(8-11)12-3-5-13(21-2)6-4-12/h3-6,10-11,18H,7-9H2,1-2H3,(H,16,20). The molecule has 1 aromatic carbocycles.